The predicted octanol–water partition coefficient (Wildman–Crippen LogP) is 6.89. The van der Waals surface area contributed by atoms with Crippen molar-refractivity contribution in [3.63, 3.8) is 0 Å². The van der Waals surface area contributed by atoms with Crippen LogP contribution < -0.4 is 0 Å². The van der Waals surface area contributed by atoms with Crippen LogP contribution in [0.5, 0.6) is 0 Å². The molecule has 0 aliphatic heterocycles. The quantitative estimate of drug-likeness (QED) is 0.572. The fraction of sp³-hybridized carbons (Fsp3) is 0.760. The molecule has 1 aromatic carbocycles. The maximum atomic E-state index is 5.94. The lowest BCUT2D eigenvalue weighted by Gasteiger charge is -2.45. The molecule has 0 saturated heterocycles. The van der Waals surface area contributed by atoms with Crippen molar-refractivity contribution in [2.24, 2.45) is 23.7 Å². The number of fused-ring (bicyclic) bond motifs is 1. The van der Waals surface area contributed by atoms with Gasteiger partial charge in [-0.25, -0.2) is 0 Å². The molecule has 0 bridgehead atoms. The van der Waals surface area contributed by atoms with Crippen molar-refractivity contribution in [1.29, 1.82) is 0 Å². The first-order valence-corrected chi connectivity index (χ1v) is 11.4. The molecule has 1 aromatic rings. The van der Waals surface area contributed by atoms with Crippen molar-refractivity contribution < 1.29 is 4.74 Å². The molecule has 144 valence electrons. The Labute approximate surface area is 160 Å². The third-order valence-electron chi connectivity index (χ3n) is 8.00. The minimum atomic E-state index is 0.572. The van der Waals surface area contributed by atoms with E-state index in [4.69, 9.17) is 4.74 Å². The van der Waals surface area contributed by atoms with Gasteiger partial charge in [0, 0.05) is 6.61 Å². The van der Waals surface area contributed by atoms with Gasteiger partial charge >= 0.3 is 0 Å². The molecule has 4 unspecified atom stereocenters. The van der Waals surface area contributed by atoms with E-state index in [1.165, 1.54) is 69.8 Å². The van der Waals surface area contributed by atoms with Crippen molar-refractivity contribution in [1.82, 2.24) is 0 Å². The van der Waals surface area contributed by atoms with Gasteiger partial charge in [-0.2, -0.15) is 0 Å². The molecule has 0 N–H and O–H groups in total. The second-order valence-corrected chi connectivity index (χ2v) is 9.51. The summed E-state index contributed by atoms with van der Waals surface area (Å²) in [7, 11) is 0. The number of hydrogen-bond donors (Lipinski definition) is 0. The lowest BCUT2D eigenvalue weighted by atomic mass is 9.62. The Morgan fingerprint density at radius 1 is 0.731 bits per heavy atom. The molecular weight excluding hydrogens is 316 g/mol. The van der Waals surface area contributed by atoms with Crippen LogP contribution in [0.4, 0.5) is 0 Å². The topological polar surface area (TPSA) is 9.23 Å². The highest BCUT2D eigenvalue weighted by molar-refractivity contribution is 5.24. The number of rotatable bonds is 4. The Morgan fingerprint density at radius 2 is 1.31 bits per heavy atom. The van der Waals surface area contributed by atoms with Crippen molar-refractivity contribution in [2.75, 3.05) is 6.61 Å². The average Bonchev–Trinajstić information content (AvgIpc) is 2.69. The van der Waals surface area contributed by atoms with Crippen LogP contribution in [0.2, 0.25) is 0 Å². The molecule has 0 amide bonds. The zero-order valence-corrected chi connectivity index (χ0v) is 17.0. The van der Waals surface area contributed by atoms with Crippen molar-refractivity contribution in [2.45, 2.75) is 90.1 Å². The normalized spacial score (nSPS) is 37.9. The fourth-order valence-corrected chi connectivity index (χ4v) is 6.46. The largest absolute Gasteiger partial charge is 0.378 e. The molecule has 0 spiro atoms. The van der Waals surface area contributed by atoms with Gasteiger partial charge in [0.25, 0.3) is 0 Å². The van der Waals surface area contributed by atoms with Gasteiger partial charge in [-0.05, 0) is 113 Å². The Bertz CT molecular complexity index is 554. The van der Waals surface area contributed by atoms with Crippen LogP contribution in [0, 0.1) is 30.6 Å². The van der Waals surface area contributed by atoms with Crippen LogP contribution in [0.25, 0.3) is 0 Å². The summed E-state index contributed by atoms with van der Waals surface area (Å²) in [5.74, 6) is 4.85. The van der Waals surface area contributed by atoms with Gasteiger partial charge in [0.05, 0.1) is 6.10 Å². The first-order valence-electron chi connectivity index (χ1n) is 11.4. The van der Waals surface area contributed by atoms with Crippen LogP contribution in [0.15, 0.2) is 24.3 Å². The highest BCUT2D eigenvalue weighted by Gasteiger charge is 2.39. The van der Waals surface area contributed by atoms with E-state index >= 15 is 0 Å². The third kappa shape index (κ3) is 4.19. The molecule has 0 aromatic heterocycles. The van der Waals surface area contributed by atoms with Gasteiger partial charge in [-0.15, -0.1) is 0 Å². The van der Waals surface area contributed by atoms with E-state index in [0.29, 0.717) is 6.10 Å². The van der Waals surface area contributed by atoms with Gasteiger partial charge < -0.3 is 4.74 Å². The summed E-state index contributed by atoms with van der Waals surface area (Å²) in [6, 6.07) is 9.34. The van der Waals surface area contributed by atoms with Crippen LogP contribution >= 0.6 is 0 Å². The second kappa shape index (κ2) is 8.46. The first kappa shape index (κ1) is 18.5. The first-order chi connectivity index (χ1) is 12.7. The Balaban J connectivity index is 1.27. The van der Waals surface area contributed by atoms with Crippen molar-refractivity contribution in [3.8, 4) is 0 Å². The summed E-state index contributed by atoms with van der Waals surface area (Å²) < 4.78 is 5.94. The molecule has 3 aliphatic rings. The van der Waals surface area contributed by atoms with Crippen molar-refractivity contribution in [3.05, 3.63) is 35.4 Å². The van der Waals surface area contributed by atoms with E-state index in [1.807, 2.05) is 0 Å². The summed E-state index contributed by atoms with van der Waals surface area (Å²) in [5.41, 5.74) is 2.98. The molecule has 3 saturated carbocycles. The third-order valence-corrected chi connectivity index (χ3v) is 8.00. The zero-order valence-electron chi connectivity index (χ0n) is 17.0. The monoisotopic (exact) mass is 354 g/mol. The SMILES string of the molecule is CCOC1CCC2CC(C3CCC(c4ccc(C)cc4)CC3)CCC2C1. The predicted molar refractivity (Wildman–Crippen MR) is 109 cm³/mol. The van der Waals surface area contributed by atoms with Gasteiger partial charge in [-0.3, -0.25) is 0 Å². The Hall–Kier alpha value is -0.820. The minimum absolute atomic E-state index is 0.572. The maximum Gasteiger partial charge on any atom is 0.0577 e. The molecular formula is C25H38O. The van der Waals surface area contributed by atoms with Gasteiger partial charge in [-0.1, -0.05) is 29.8 Å². The maximum absolute atomic E-state index is 5.94. The standard InChI is InChI=1S/C25H38O/c1-3-26-25-15-14-23-16-22(12-13-24(23)17-25)21-10-8-20(9-11-21)19-6-4-18(2)5-7-19/h4-7,20-25H,3,8-17H2,1-2H3. The second-order valence-electron chi connectivity index (χ2n) is 9.51. The number of benzene rings is 1. The molecule has 4 atom stereocenters. The summed E-state index contributed by atoms with van der Waals surface area (Å²) in [5, 5.41) is 0. The van der Waals surface area contributed by atoms with Crippen molar-refractivity contribution >= 4 is 0 Å². The Kier molecular flexibility index (Phi) is 6.03. The summed E-state index contributed by atoms with van der Waals surface area (Å²) in [4.78, 5) is 0. The number of ether oxygens (including phenoxy) is 1. The summed E-state index contributed by atoms with van der Waals surface area (Å²) >= 11 is 0. The molecule has 1 heteroatoms. The minimum Gasteiger partial charge on any atom is -0.378 e. The number of hydrogen-bond acceptors (Lipinski definition) is 1. The van der Waals surface area contributed by atoms with Crippen LogP contribution in [0.3, 0.4) is 0 Å². The Morgan fingerprint density at radius 3 is 2.00 bits per heavy atom. The van der Waals surface area contributed by atoms with E-state index in [9.17, 15) is 0 Å². The van der Waals surface area contributed by atoms with Gasteiger partial charge in [0.15, 0.2) is 0 Å². The van der Waals surface area contributed by atoms with E-state index in [-0.39, 0.29) is 0 Å². The number of aryl methyl sites for hydroxylation is 1. The van der Waals surface area contributed by atoms with Crippen LogP contribution in [-0.2, 0) is 4.74 Å². The van der Waals surface area contributed by atoms with E-state index in [2.05, 4.69) is 38.1 Å². The highest BCUT2D eigenvalue weighted by Crippen LogP contribution is 2.49. The van der Waals surface area contributed by atoms with Gasteiger partial charge in [0.2, 0.25) is 0 Å². The van der Waals surface area contributed by atoms with E-state index in [0.717, 1.165) is 36.2 Å². The highest BCUT2D eigenvalue weighted by atomic mass is 16.5. The molecule has 3 fully saturated rings. The zero-order chi connectivity index (χ0) is 17.9. The lowest BCUT2D eigenvalue weighted by Crippen LogP contribution is -2.36. The summed E-state index contributed by atoms with van der Waals surface area (Å²) in [6.45, 7) is 5.24. The summed E-state index contributed by atoms with van der Waals surface area (Å²) in [6.07, 6.45) is 15.0. The molecule has 1 nitrogen and oxygen atoms in total. The van der Waals surface area contributed by atoms with Gasteiger partial charge in [0.1, 0.15) is 0 Å². The molecule has 0 heterocycles. The smallest absolute Gasteiger partial charge is 0.0577 e. The van der Waals surface area contributed by atoms with E-state index in [1.54, 1.807) is 5.56 Å². The van der Waals surface area contributed by atoms with Crippen LogP contribution in [-0.4, -0.2) is 12.7 Å². The molecule has 26 heavy (non-hydrogen) atoms. The average molecular weight is 355 g/mol. The molecule has 3 aliphatic carbocycles. The lowest BCUT2D eigenvalue weighted by molar-refractivity contribution is -0.0205. The molecule has 4 rings (SSSR count). The fourth-order valence-electron chi connectivity index (χ4n) is 6.46. The van der Waals surface area contributed by atoms with Crippen LogP contribution in [0.1, 0.15) is 88.2 Å². The molecule has 0 radical (unpaired) electrons. The van der Waals surface area contributed by atoms with E-state index < -0.39 is 0 Å².